The van der Waals surface area contributed by atoms with Gasteiger partial charge in [0.2, 0.25) is 5.88 Å². The topological polar surface area (TPSA) is 39.2 Å². The largest absolute Gasteiger partial charge is 0.574 e. The highest BCUT2D eigenvalue weighted by Gasteiger charge is 2.32. The standard InChI is InChI=1S/C7H3F4NO2/c8-5-2-12-6(1-4(5)3-13)14-7(9,10)11/h1-3H. The Labute approximate surface area is 75.3 Å². The SMILES string of the molecule is O=Cc1cc(OC(F)(F)F)ncc1F. The molecular weight excluding hydrogens is 206 g/mol. The fraction of sp³-hybridized carbons (Fsp3) is 0.143. The van der Waals surface area contributed by atoms with Crippen LogP contribution in [0.1, 0.15) is 10.4 Å². The van der Waals surface area contributed by atoms with Crippen molar-refractivity contribution >= 4 is 6.29 Å². The normalized spacial score (nSPS) is 11.1. The third-order valence-corrected chi connectivity index (χ3v) is 1.21. The molecule has 0 saturated carbocycles. The average Bonchev–Trinajstić information content (AvgIpc) is 2.06. The molecule has 1 rings (SSSR count). The minimum absolute atomic E-state index is 0.0697. The Hall–Kier alpha value is -1.66. The van der Waals surface area contributed by atoms with Crippen LogP contribution < -0.4 is 4.74 Å². The average molecular weight is 209 g/mol. The molecule has 0 N–H and O–H groups in total. The monoisotopic (exact) mass is 209 g/mol. The van der Waals surface area contributed by atoms with E-state index in [9.17, 15) is 22.4 Å². The molecule has 0 amide bonds. The molecule has 1 aromatic heterocycles. The van der Waals surface area contributed by atoms with E-state index in [0.29, 0.717) is 12.3 Å². The van der Waals surface area contributed by atoms with Crippen LogP contribution in [0.2, 0.25) is 0 Å². The van der Waals surface area contributed by atoms with Crippen molar-refractivity contribution in [1.29, 1.82) is 0 Å². The zero-order valence-electron chi connectivity index (χ0n) is 6.51. The number of halogens is 4. The fourth-order valence-corrected chi connectivity index (χ4v) is 0.699. The third-order valence-electron chi connectivity index (χ3n) is 1.21. The molecule has 3 nitrogen and oxygen atoms in total. The number of hydrogen-bond donors (Lipinski definition) is 0. The minimum Gasteiger partial charge on any atom is -0.388 e. The lowest BCUT2D eigenvalue weighted by atomic mass is 10.3. The maximum atomic E-state index is 12.6. The van der Waals surface area contributed by atoms with Crippen molar-refractivity contribution < 1.29 is 27.1 Å². The first kappa shape index (κ1) is 10.4. The number of carbonyl (C=O) groups excluding carboxylic acids is 1. The van der Waals surface area contributed by atoms with Crippen LogP contribution >= 0.6 is 0 Å². The number of nitrogens with zero attached hydrogens (tertiary/aromatic N) is 1. The van der Waals surface area contributed by atoms with Gasteiger partial charge in [0.25, 0.3) is 0 Å². The Morgan fingerprint density at radius 3 is 2.57 bits per heavy atom. The van der Waals surface area contributed by atoms with Gasteiger partial charge in [-0.2, -0.15) is 0 Å². The summed E-state index contributed by atoms with van der Waals surface area (Å²) in [5, 5.41) is 0. The van der Waals surface area contributed by atoms with Crippen LogP contribution in [0.4, 0.5) is 17.6 Å². The van der Waals surface area contributed by atoms with Gasteiger partial charge in [0, 0.05) is 6.07 Å². The lowest BCUT2D eigenvalue weighted by molar-refractivity contribution is -0.276. The Balaban J connectivity index is 2.95. The van der Waals surface area contributed by atoms with Gasteiger partial charge in [-0.25, -0.2) is 9.37 Å². The molecule has 0 fully saturated rings. The zero-order chi connectivity index (χ0) is 10.8. The highest BCUT2D eigenvalue weighted by molar-refractivity contribution is 5.75. The summed E-state index contributed by atoms with van der Waals surface area (Å²) in [4.78, 5) is 13.1. The summed E-state index contributed by atoms with van der Waals surface area (Å²) in [5.41, 5.74) is -0.542. The molecule has 1 heterocycles. The quantitative estimate of drug-likeness (QED) is 0.551. The van der Waals surface area contributed by atoms with Crippen molar-refractivity contribution in [3.8, 4) is 5.88 Å². The summed E-state index contributed by atoms with van der Waals surface area (Å²) in [5.74, 6) is -1.88. The van der Waals surface area contributed by atoms with Crippen molar-refractivity contribution in [3.05, 3.63) is 23.6 Å². The molecule has 0 radical (unpaired) electrons. The molecule has 7 heteroatoms. The van der Waals surface area contributed by atoms with Crippen LogP contribution in [0.5, 0.6) is 5.88 Å². The van der Waals surface area contributed by atoms with Gasteiger partial charge in [0.05, 0.1) is 11.8 Å². The number of hydrogen-bond acceptors (Lipinski definition) is 3. The first-order valence-electron chi connectivity index (χ1n) is 3.29. The van der Waals surface area contributed by atoms with Crippen molar-refractivity contribution in [1.82, 2.24) is 4.98 Å². The fourth-order valence-electron chi connectivity index (χ4n) is 0.699. The van der Waals surface area contributed by atoms with Gasteiger partial charge < -0.3 is 4.74 Å². The highest BCUT2D eigenvalue weighted by atomic mass is 19.4. The van der Waals surface area contributed by atoms with Crippen LogP contribution in [0.25, 0.3) is 0 Å². The molecule has 0 atom stereocenters. The third kappa shape index (κ3) is 2.68. The first-order chi connectivity index (χ1) is 6.42. The number of ether oxygens (including phenoxy) is 1. The molecular formula is C7H3F4NO2. The Morgan fingerprint density at radius 2 is 2.07 bits per heavy atom. The zero-order valence-corrected chi connectivity index (χ0v) is 6.51. The molecule has 0 aromatic carbocycles. The maximum absolute atomic E-state index is 12.6. The van der Waals surface area contributed by atoms with E-state index in [1.54, 1.807) is 0 Å². The maximum Gasteiger partial charge on any atom is 0.574 e. The summed E-state index contributed by atoms with van der Waals surface area (Å²) in [7, 11) is 0. The van der Waals surface area contributed by atoms with Crippen LogP contribution in [0, 0.1) is 5.82 Å². The minimum atomic E-state index is -4.91. The van der Waals surface area contributed by atoms with E-state index in [4.69, 9.17) is 0 Å². The number of rotatable bonds is 2. The lowest BCUT2D eigenvalue weighted by Gasteiger charge is -2.07. The summed E-state index contributed by atoms with van der Waals surface area (Å²) >= 11 is 0. The summed E-state index contributed by atoms with van der Waals surface area (Å²) in [6.07, 6.45) is -4.37. The van der Waals surface area contributed by atoms with Crippen LogP contribution in [-0.4, -0.2) is 17.6 Å². The Kier molecular flexibility index (Phi) is 2.68. The number of pyridine rings is 1. The first-order valence-corrected chi connectivity index (χ1v) is 3.29. The van der Waals surface area contributed by atoms with Crippen LogP contribution in [0.15, 0.2) is 12.3 Å². The molecule has 0 spiro atoms. The summed E-state index contributed by atoms with van der Waals surface area (Å²) in [6, 6.07) is 0.565. The second-order valence-electron chi connectivity index (χ2n) is 2.21. The molecule has 0 saturated heterocycles. The van der Waals surface area contributed by atoms with E-state index in [1.165, 1.54) is 0 Å². The molecule has 0 aliphatic carbocycles. The Morgan fingerprint density at radius 1 is 1.43 bits per heavy atom. The van der Waals surface area contributed by atoms with Gasteiger partial charge in [0.15, 0.2) is 12.1 Å². The predicted octanol–water partition coefficient (Wildman–Crippen LogP) is 1.93. The van der Waals surface area contributed by atoms with Crippen molar-refractivity contribution in [2.24, 2.45) is 0 Å². The molecule has 1 aromatic rings. The number of carbonyl (C=O) groups is 1. The van der Waals surface area contributed by atoms with Gasteiger partial charge in [0.1, 0.15) is 0 Å². The van der Waals surface area contributed by atoms with Gasteiger partial charge >= 0.3 is 6.36 Å². The van der Waals surface area contributed by atoms with Crippen LogP contribution in [0.3, 0.4) is 0 Å². The van der Waals surface area contributed by atoms with Gasteiger partial charge in [-0.15, -0.1) is 13.2 Å². The van der Waals surface area contributed by atoms with Crippen molar-refractivity contribution in [3.63, 3.8) is 0 Å². The molecule has 0 unspecified atom stereocenters. The summed E-state index contributed by atoms with van der Waals surface area (Å²) < 4.78 is 50.8. The lowest BCUT2D eigenvalue weighted by Crippen LogP contribution is -2.18. The Bertz CT molecular complexity index is 350. The number of aromatic nitrogens is 1. The van der Waals surface area contributed by atoms with E-state index in [-0.39, 0.29) is 6.29 Å². The predicted molar refractivity (Wildman–Crippen MR) is 36.3 cm³/mol. The highest BCUT2D eigenvalue weighted by Crippen LogP contribution is 2.21. The second-order valence-corrected chi connectivity index (χ2v) is 2.21. The smallest absolute Gasteiger partial charge is 0.388 e. The number of aldehydes is 1. The van der Waals surface area contributed by atoms with E-state index in [0.717, 1.165) is 0 Å². The van der Waals surface area contributed by atoms with Crippen molar-refractivity contribution in [2.45, 2.75) is 6.36 Å². The van der Waals surface area contributed by atoms with E-state index >= 15 is 0 Å². The molecule has 0 aliphatic rings. The summed E-state index contributed by atoms with van der Waals surface area (Å²) in [6.45, 7) is 0. The number of alkyl halides is 3. The van der Waals surface area contributed by atoms with Crippen molar-refractivity contribution in [2.75, 3.05) is 0 Å². The second kappa shape index (κ2) is 3.60. The molecule has 0 bridgehead atoms. The molecule has 14 heavy (non-hydrogen) atoms. The van der Waals surface area contributed by atoms with Crippen LogP contribution in [-0.2, 0) is 0 Å². The van der Waals surface area contributed by atoms with Gasteiger partial charge in [-0.1, -0.05) is 0 Å². The van der Waals surface area contributed by atoms with E-state index in [2.05, 4.69) is 9.72 Å². The molecule has 76 valence electrons. The van der Waals surface area contributed by atoms with E-state index < -0.39 is 23.6 Å². The van der Waals surface area contributed by atoms with E-state index in [1.807, 2.05) is 0 Å². The molecule has 0 aliphatic heterocycles. The van der Waals surface area contributed by atoms with Gasteiger partial charge in [-0.05, 0) is 0 Å². The van der Waals surface area contributed by atoms with Gasteiger partial charge in [-0.3, -0.25) is 4.79 Å².